The molecule has 0 amide bonds. The van der Waals surface area contributed by atoms with Gasteiger partial charge in [-0.2, -0.15) is 5.26 Å². The lowest BCUT2D eigenvalue weighted by atomic mass is 9.96. The molecule has 0 saturated carbocycles. The third-order valence-electron chi connectivity index (χ3n) is 4.88. The van der Waals surface area contributed by atoms with Gasteiger partial charge in [-0.1, -0.05) is 62.4 Å². The SMILES string of the molecule is Cc1ccc(CC(C#N)Sc2nc(C(C)(C)C)nc3c2c(=O)n(C)c(=O)n3C)cc1. The molecule has 0 N–H and O–H groups in total. The molecular formula is C22H25N5O2S. The van der Waals surface area contributed by atoms with Crippen LogP contribution in [-0.4, -0.2) is 24.4 Å². The molecule has 2 heterocycles. The van der Waals surface area contributed by atoms with Gasteiger partial charge in [0, 0.05) is 19.5 Å². The molecule has 7 nitrogen and oxygen atoms in total. The lowest BCUT2D eigenvalue weighted by molar-refractivity contribution is 0.539. The van der Waals surface area contributed by atoms with Gasteiger partial charge >= 0.3 is 5.69 Å². The minimum atomic E-state index is -0.455. The summed E-state index contributed by atoms with van der Waals surface area (Å²) in [6.07, 6.45) is 0.518. The lowest BCUT2D eigenvalue weighted by Gasteiger charge is -2.20. The molecule has 0 spiro atoms. The zero-order chi connectivity index (χ0) is 22.2. The molecule has 0 aliphatic heterocycles. The van der Waals surface area contributed by atoms with Gasteiger partial charge in [-0.05, 0) is 18.9 Å². The summed E-state index contributed by atoms with van der Waals surface area (Å²) < 4.78 is 2.41. The summed E-state index contributed by atoms with van der Waals surface area (Å²) in [6.45, 7) is 7.92. The lowest BCUT2D eigenvalue weighted by Crippen LogP contribution is -2.38. The van der Waals surface area contributed by atoms with Gasteiger partial charge in [-0.15, -0.1) is 0 Å². The van der Waals surface area contributed by atoms with E-state index in [2.05, 4.69) is 16.0 Å². The van der Waals surface area contributed by atoms with Crippen molar-refractivity contribution in [3.63, 3.8) is 0 Å². The fraction of sp³-hybridized carbons (Fsp3) is 0.409. The van der Waals surface area contributed by atoms with E-state index in [1.165, 1.54) is 23.4 Å². The first kappa shape index (κ1) is 21.8. The molecule has 1 unspecified atom stereocenters. The predicted molar refractivity (Wildman–Crippen MR) is 119 cm³/mol. The summed E-state index contributed by atoms with van der Waals surface area (Å²) in [5.41, 5.74) is 1.19. The first-order valence-corrected chi connectivity index (χ1v) is 10.5. The molecule has 1 aromatic carbocycles. The summed E-state index contributed by atoms with van der Waals surface area (Å²) in [7, 11) is 3.02. The molecule has 3 rings (SSSR count). The number of rotatable bonds is 4. The number of thioether (sulfide) groups is 1. The van der Waals surface area contributed by atoms with Crippen molar-refractivity contribution < 1.29 is 0 Å². The minimum absolute atomic E-state index is 0.266. The molecule has 3 aromatic rings. The van der Waals surface area contributed by atoms with Gasteiger partial charge in [-0.3, -0.25) is 13.9 Å². The van der Waals surface area contributed by atoms with Crippen molar-refractivity contribution in [1.29, 1.82) is 5.26 Å². The fourth-order valence-electron chi connectivity index (χ4n) is 3.04. The molecule has 8 heteroatoms. The average Bonchev–Trinajstić information content (AvgIpc) is 2.70. The number of aryl methyl sites for hydroxylation is 2. The molecule has 0 saturated heterocycles. The largest absolute Gasteiger partial charge is 0.332 e. The minimum Gasteiger partial charge on any atom is -0.280 e. The Morgan fingerprint density at radius 2 is 1.73 bits per heavy atom. The van der Waals surface area contributed by atoms with Crippen LogP contribution >= 0.6 is 11.8 Å². The Morgan fingerprint density at radius 3 is 2.30 bits per heavy atom. The quantitative estimate of drug-likeness (QED) is 0.473. The normalized spacial score (nSPS) is 12.7. The Morgan fingerprint density at radius 1 is 1.10 bits per heavy atom. The maximum atomic E-state index is 12.9. The van der Waals surface area contributed by atoms with Gasteiger partial charge in [0.1, 0.15) is 21.5 Å². The van der Waals surface area contributed by atoms with E-state index in [9.17, 15) is 14.9 Å². The zero-order valence-corrected chi connectivity index (χ0v) is 18.9. The van der Waals surface area contributed by atoms with Gasteiger partial charge in [0.15, 0.2) is 5.65 Å². The predicted octanol–water partition coefficient (Wildman–Crippen LogP) is 2.86. The molecule has 156 valence electrons. The van der Waals surface area contributed by atoms with E-state index in [4.69, 9.17) is 0 Å². The van der Waals surface area contributed by atoms with Crippen LogP contribution in [-0.2, 0) is 25.9 Å². The molecule has 30 heavy (non-hydrogen) atoms. The van der Waals surface area contributed by atoms with Crippen LogP contribution in [0.5, 0.6) is 0 Å². The topological polar surface area (TPSA) is 93.6 Å². The molecule has 0 bridgehead atoms. The Bertz CT molecular complexity index is 1260. The molecule has 0 fully saturated rings. The van der Waals surface area contributed by atoms with Crippen molar-refractivity contribution in [2.24, 2.45) is 14.1 Å². The highest BCUT2D eigenvalue weighted by Crippen LogP contribution is 2.30. The fourth-order valence-corrected chi connectivity index (χ4v) is 4.07. The summed E-state index contributed by atoms with van der Waals surface area (Å²) >= 11 is 1.24. The van der Waals surface area contributed by atoms with Crippen molar-refractivity contribution in [3.8, 4) is 6.07 Å². The van der Waals surface area contributed by atoms with Gasteiger partial charge < -0.3 is 0 Å². The second-order valence-corrected chi connectivity index (χ2v) is 9.62. The first-order valence-electron chi connectivity index (χ1n) is 9.63. The second-order valence-electron chi connectivity index (χ2n) is 8.43. The van der Waals surface area contributed by atoms with Crippen LogP contribution in [0.15, 0.2) is 38.9 Å². The van der Waals surface area contributed by atoms with E-state index in [1.54, 1.807) is 7.05 Å². The van der Waals surface area contributed by atoms with Crippen LogP contribution < -0.4 is 11.2 Å². The third-order valence-corrected chi connectivity index (χ3v) is 5.95. The zero-order valence-electron chi connectivity index (χ0n) is 18.1. The Labute approximate surface area is 179 Å². The molecule has 2 aromatic heterocycles. The van der Waals surface area contributed by atoms with Gasteiger partial charge in [-0.25, -0.2) is 14.8 Å². The summed E-state index contributed by atoms with van der Waals surface area (Å²) in [6, 6.07) is 10.3. The van der Waals surface area contributed by atoms with Crippen LogP contribution in [0.4, 0.5) is 0 Å². The summed E-state index contributed by atoms with van der Waals surface area (Å²) in [5.74, 6) is 0.521. The van der Waals surface area contributed by atoms with Crippen molar-refractivity contribution >= 4 is 22.8 Å². The Balaban J connectivity index is 2.17. The highest BCUT2D eigenvalue weighted by Gasteiger charge is 2.25. The molecule has 0 aliphatic carbocycles. The first-order chi connectivity index (χ1) is 14.0. The number of benzene rings is 1. The van der Waals surface area contributed by atoms with Crippen molar-refractivity contribution in [2.45, 2.75) is 49.8 Å². The van der Waals surface area contributed by atoms with Crippen molar-refractivity contribution in [2.75, 3.05) is 0 Å². The Hall–Kier alpha value is -2.92. The molecule has 0 aliphatic rings. The van der Waals surface area contributed by atoms with Crippen LogP contribution in [0, 0.1) is 18.3 Å². The van der Waals surface area contributed by atoms with Gasteiger partial charge in [0.05, 0.1) is 6.07 Å². The van der Waals surface area contributed by atoms with Crippen molar-refractivity contribution in [1.82, 2.24) is 19.1 Å². The second kappa shape index (κ2) is 8.07. The van der Waals surface area contributed by atoms with Crippen LogP contribution in [0.3, 0.4) is 0 Å². The monoisotopic (exact) mass is 423 g/mol. The van der Waals surface area contributed by atoms with Crippen LogP contribution in [0.25, 0.3) is 11.0 Å². The number of hydrogen-bond acceptors (Lipinski definition) is 6. The number of fused-ring (bicyclic) bond motifs is 1. The van der Waals surface area contributed by atoms with E-state index >= 15 is 0 Å². The smallest absolute Gasteiger partial charge is 0.280 e. The van der Waals surface area contributed by atoms with Crippen molar-refractivity contribution in [3.05, 3.63) is 62.1 Å². The number of hydrogen-bond donors (Lipinski definition) is 0. The Kier molecular flexibility index (Phi) is 5.86. The number of nitriles is 1. The summed E-state index contributed by atoms with van der Waals surface area (Å²) in [4.78, 5) is 34.6. The molecular weight excluding hydrogens is 398 g/mol. The highest BCUT2D eigenvalue weighted by atomic mass is 32.2. The third kappa shape index (κ3) is 4.17. The van der Waals surface area contributed by atoms with E-state index in [0.29, 0.717) is 17.3 Å². The maximum Gasteiger partial charge on any atom is 0.332 e. The van der Waals surface area contributed by atoms with E-state index < -0.39 is 16.5 Å². The van der Waals surface area contributed by atoms with Crippen LogP contribution in [0.1, 0.15) is 37.7 Å². The number of nitrogens with zero attached hydrogens (tertiary/aromatic N) is 5. The highest BCUT2D eigenvalue weighted by molar-refractivity contribution is 8.00. The number of aromatic nitrogens is 4. The van der Waals surface area contributed by atoms with Crippen LogP contribution in [0.2, 0.25) is 0 Å². The molecule has 1 atom stereocenters. The standard InChI is InChI=1S/C22H25N5O2S/c1-13-7-9-14(10-8-13)11-15(12-23)30-18-16-17(24-20(25-18)22(2,3)4)26(5)21(29)27(6)19(16)28/h7-10,15H,11H2,1-6H3. The summed E-state index contributed by atoms with van der Waals surface area (Å²) in [5, 5.41) is 10.0. The average molecular weight is 424 g/mol. The maximum absolute atomic E-state index is 12.9. The van der Waals surface area contributed by atoms with Gasteiger partial charge in [0.2, 0.25) is 0 Å². The molecule has 0 radical (unpaired) electrons. The van der Waals surface area contributed by atoms with E-state index in [1.807, 2.05) is 52.0 Å². The van der Waals surface area contributed by atoms with Gasteiger partial charge in [0.25, 0.3) is 5.56 Å². The van der Waals surface area contributed by atoms with E-state index in [-0.39, 0.29) is 16.4 Å². The van der Waals surface area contributed by atoms with E-state index in [0.717, 1.165) is 15.7 Å².